The molecule has 0 bridgehead atoms. The third kappa shape index (κ3) is 5.76. The maximum Gasteiger partial charge on any atom is 0.573 e. The molecule has 0 aliphatic carbocycles. The highest BCUT2D eigenvalue weighted by atomic mass is 19.4. The molecular weight excluding hydrogens is 397 g/mol. The van der Waals surface area contributed by atoms with Crippen LogP contribution in [0.2, 0.25) is 0 Å². The molecule has 1 aliphatic heterocycles. The van der Waals surface area contributed by atoms with Gasteiger partial charge in [-0.2, -0.15) is 0 Å². The van der Waals surface area contributed by atoms with Crippen LogP contribution in [0.1, 0.15) is 48.5 Å². The van der Waals surface area contributed by atoms with Gasteiger partial charge in [0.1, 0.15) is 5.60 Å². The van der Waals surface area contributed by atoms with E-state index >= 15 is 0 Å². The van der Waals surface area contributed by atoms with Crippen molar-refractivity contribution < 1.29 is 41.1 Å². The monoisotopic (exact) mass is 421 g/mol. The molecule has 2 rings (SSSR count). The van der Waals surface area contributed by atoms with Gasteiger partial charge in [0.25, 0.3) is 0 Å². The second-order valence-corrected chi connectivity index (χ2v) is 8.64. The number of anilines is 1. The van der Waals surface area contributed by atoms with E-state index in [1.807, 2.05) is 0 Å². The molecule has 0 aromatic heterocycles. The Bertz CT molecular complexity index is 774. The fourth-order valence-electron chi connectivity index (χ4n) is 2.48. The molecule has 1 saturated heterocycles. The Hall–Kier alpha value is -2.01. The molecule has 0 atom stereocenters. The fourth-order valence-corrected chi connectivity index (χ4v) is 2.48. The third-order valence-electron chi connectivity index (χ3n) is 4.44. The molecule has 1 heterocycles. The molecule has 6 nitrogen and oxygen atoms in total. The van der Waals surface area contributed by atoms with Crippen molar-refractivity contribution in [3.8, 4) is 5.75 Å². The van der Waals surface area contributed by atoms with Crippen LogP contribution in [0, 0.1) is 5.82 Å². The number of halogens is 4. The van der Waals surface area contributed by atoms with Gasteiger partial charge in [0, 0.05) is 17.2 Å². The Morgan fingerprint density at radius 1 is 1.07 bits per heavy atom. The summed E-state index contributed by atoms with van der Waals surface area (Å²) in [6.07, 6.45) is -6.04. The van der Waals surface area contributed by atoms with Gasteiger partial charge in [0.2, 0.25) is 0 Å². The van der Waals surface area contributed by atoms with E-state index < -0.39 is 47.9 Å². The Morgan fingerprint density at radius 3 is 2.03 bits per heavy atom. The van der Waals surface area contributed by atoms with Gasteiger partial charge in [-0.15, -0.1) is 13.2 Å². The van der Waals surface area contributed by atoms with Crippen molar-refractivity contribution in [3.05, 3.63) is 17.9 Å². The first-order valence-corrected chi connectivity index (χ1v) is 8.85. The van der Waals surface area contributed by atoms with Crippen LogP contribution in [-0.2, 0) is 14.0 Å². The first-order chi connectivity index (χ1) is 12.9. The third-order valence-corrected chi connectivity index (χ3v) is 4.44. The van der Waals surface area contributed by atoms with E-state index in [4.69, 9.17) is 14.0 Å². The summed E-state index contributed by atoms with van der Waals surface area (Å²) < 4.78 is 73.4. The van der Waals surface area contributed by atoms with Gasteiger partial charge in [-0.1, -0.05) is 0 Å². The lowest BCUT2D eigenvalue weighted by Gasteiger charge is -2.32. The normalized spacial score (nSPS) is 18.5. The summed E-state index contributed by atoms with van der Waals surface area (Å²) in [7, 11) is -1.35. The fraction of sp³-hybridized carbons (Fsp3) is 0.611. The number of hydrogen-bond donors (Lipinski definition) is 1. The van der Waals surface area contributed by atoms with Crippen molar-refractivity contribution in [3.63, 3.8) is 0 Å². The van der Waals surface area contributed by atoms with Gasteiger partial charge in [0.05, 0.1) is 11.2 Å². The van der Waals surface area contributed by atoms with Gasteiger partial charge in [0.15, 0.2) is 11.6 Å². The van der Waals surface area contributed by atoms with Crippen LogP contribution < -0.4 is 15.5 Å². The molecule has 1 aliphatic rings. The molecule has 1 amide bonds. The lowest BCUT2D eigenvalue weighted by atomic mass is 9.78. The van der Waals surface area contributed by atoms with Crippen molar-refractivity contribution in [2.75, 3.05) is 5.32 Å². The molecule has 1 N–H and O–H groups in total. The summed E-state index contributed by atoms with van der Waals surface area (Å²) in [5.41, 5.74) is -3.10. The van der Waals surface area contributed by atoms with Gasteiger partial charge in [-0.3, -0.25) is 5.32 Å². The Kier molecular flexibility index (Phi) is 5.90. The van der Waals surface area contributed by atoms with Crippen molar-refractivity contribution in [2.24, 2.45) is 0 Å². The molecule has 0 radical (unpaired) electrons. The van der Waals surface area contributed by atoms with Gasteiger partial charge in [-0.05, 0) is 54.5 Å². The zero-order chi connectivity index (χ0) is 22.4. The molecule has 11 heteroatoms. The van der Waals surface area contributed by atoms with Crippen molar-refractivity contribution in [2.45, 2.75) is 71.6 Å². The maximum absolute atomic E-state index is 14.5. The number of benzene rings is 1. The van der Waals surface area contributed by atoms with Crippen LogP contribution in [0.15, 0.2) is 12.1 Å². The minimum absolute atomic E-state index is 0.143. The van der Waals surface area contributed by atoms with E-state index in [-0.39, 0.29) is 11.2 Å². The Morgan fingerprint density at radius 2 is 1.59 bits per heavy atom. The highest BCUT2D eigenvalue weighted by Crippen LogP contribution is 2.38. The standard InChI is InChI=1S/C18H24BF4NO5/c1-15(2,3)27-14(25)24-10-8-11(13(12(20)9-10)26-18(21,22)23)19-28-16(4,5)17(6,7)29-19/h8-9H,1-7H3,(H,24,25). The molecular formula is C18H24BF4NO5. The SMILES string of the molecule is CC(C)(C)OC(=O)Nc1cc(F)c(OC(F)(F)F)c(B2OC(C)(C)C(C)(C)O2)c1. The maximum atomic E-state index is 14.5. The van der Waals surface area contributed by atoms with Crippen LogP contribution in [0.3, 0.4) is 0 Å². The molecule has 1 fully saturated rings. The summed E-state index contributed by atoms with van der Waals surface area (Å²) in [5, 5.41) is 2.29. The topological polar surface area (TPSA) is 66.0 Å². The average molecular weight is 421 g/mol. The first kappa shape index (κ1) is 23.3. The Balaban J connectivity index is 2.45. The van der Waals surface area contributed by atoms with Crippen molar-refractivity contribution in [1.29, 1.82) is 0 Å². The second-order valence-electron chi connectivity index (χ2n) is 8.64. The number of rotatable bonds is 3. The number of ether oxygens (including phenoxy) is 2. The quantitative estimate of drug-likeness (QED) is 0.580. The molecule has 162 valence electrons. The van der Waals surface area contributed by atoms with Crippen LogP contribution in [0.5, 0.6) is 5.75 Å². The lowest BCUT2D eigenvalue weighted by Crippen LogP contribution is -2.41. The summed E-state index contributed by atoms with van der Waals surface area (Å²) in [6, 6.07) is 1.79. The molecule has 29 heavy (non-hydrogen) atoms. The predicted molar refractivity (Wildman–Crippen MR) is 98.7 cm³/mol. The van der Waals surface area contributed by atoms with Crippen LogP contribution in [0.4, 0.5) is 28.0 Å². The highest BCUT2D eigenvalue weighted by molar-refractivity contribution is 6.63. The van der Waals surface area contributed by atoms with Crippen LogP contribution >= 0.6 is 0 Å². The largest absolute Gasteiger partial charge is 0.573 e. The summed E-state index contributed by atoms with van der Waals surface area (Å²) in [4.78, 5) is 12.0. The summed E-state index contributed by atoms with van der Waals surface area (Å²) in [5.74, 6) is -2.44. The van der Waals surface area contributed by atoms with E-state index in [0.29, 0.717) is 6.07 Å². The lowest BCUT2D eigenvalue weighted by molar-refractivity contribution is -0.275. The number of carbonyl (C=O) groups excluding carboxylic acids is 1. The van der Waals surface area contributed by atoms with Crippen LogP contribution in [0.25, 0.3) is 0 Å². The van der Waals surface area contributed by atoms with Gasteiger partial charge in [-0.25, -0.2) is 9.18 Å². The van der Waals surface area contributed by atoms with E-state index in [2.05, 4.69) is 10.1 Å². The van der Waals surface area contributed by atoms with Gasteiger partial charge < -0.3 is 18.8 Å². The van der Waals surface area contributed by atoms with E-state index in [9.17, 15) is 22.4 Å². The minimum atomic E-state index is -5.14. The van der Waals surface area contributed by atoms with E-state index in [1.54, 1.807) is 48.5 Å². The van der Waals surface area contributed by atoms with Crippen LogP contribution in [-0.4, -0.2) is 36.4 Å². The molecule has 0 saturated carbocycles. The second kappa shape index (κ2) is 7.35. The number of amides is 1. The average Bonchev–Trinajstić information content (AvgIpc) is 2.66. The molecule has 1 aromatic rings. The highest BCUT2D eigenvalue weighted by Gasteiger charge is 2.53. The number of carbonyl (C=O) groups is 1. The van der Waals surface area contributed by atoms with Crippen molar-refractivity contribution >= 4 is 24.4 Å². The van der Waals surface area contributed by atoms with Gasteiger partial charge >= 0.3 is 19.6 Å². The predicted octanol–water partition coefficient (Wildman–Crippen LogP) is 4.37. The smallest absolute Gasteiger partial charge is 0.444 e. The Labute approximate surface area is 167 Å². The molecule has 1 aromatic carbocycles. The number of nitrogens with one attached hydrogen (secondary N) is 1. The minimum Gasteiger partial charge on any atom is -0.444 e. The number of hydrogen-bond acceptors (Lipinski definition) is 5. The first-order valence-electron chi connectivity index (χ1n) is 8.85. The van der Waals surface area contributed by atoms with Crippen molar-refractivity contribution in [1.82, 2.24) is 0 Å². The number of alkyl halides is 3. The molecule has 0 unspecified atom stereocenters. The van der Waals surface area contributed by atoms with E-state index in [1.165, 1.54) is 0 Å². The molecule has 0 spiro atoms. The van der Waals surface area contributed by atoms with E-state index in [0.717, 1.165) is 6.07 Å². The summed E-state index contributed by atoms with van der Waals surface area (Å²) in [6.45, 7) is 11.6. The zero-order valence-corrected chi connectivity index (χ0v) is 17.3. The zero-order valence-electron chi connectivity index (χ0n) is 17.3. The summed E-state index contributed by atoms with van der Waals surface area (Å²) >= 11 is 0.